The highest BCUT2D eigenvalue weighted by atomic mass is 16.3. The Bertz CT molecular complexity index is 947. The van der Waals surface area contributed by atoms with Crippen LogP contribution in [0.5, 0.6) is 0 Å². The quantitative estimate of drug-likeness (QED) is 0.605. The summed E-state index contributed by atoms with van der Waals surface area (Å²) >= 11 is 0. The Morgan fingerprint density at radius 3 is 2.76 bits per heavy atom. The van der Waals surface area contributed by atoms with Crippen LogP contribution in [0.25, 0.3) is 6.08 Å². The minimum atomic E-state index is -0.454. The molecule has 8 atom stereocenters. The topological polar surface area (TPSA) is 67.5 Å². The molecular weight excluding hydrogens is 410 g/mol. The molecule has 1 heterocycles. The molecule has 4 fully saturated rings. The van der Waals surface area contributed by atoms with Gasteiger partial charge in [0.2, 0.25) is 0 Å². The zero-order valence-electron chi connectivity index (χ0n) is 20.7. The monoisotopic (exact) mass is 451 g/mol. The summed E-state index contributed by atoms with van der Waals surface area (Å²) in [6, 6.07) is 0. The first-order chi connectivity index (χ1) is 15.7. The van der Waals surface area contributed by atoms with Gasteiger partial charge in [0.05, 0.1) is 17.8 Å². The van der Waals surface area contributed by atoms with Gasteiger partial charge in [-0.25, -0.2) is 0 Å². The van der Waals surface area contributed by atoms with Crippen molar-refractivity contribution in [3.05, 3.63) is 23.7 Å². The first-order valence-corrected chi connectivity index (χ1v) is 13.1. The van der Waals surface area contributed by atoms with Gasteiger partial charge in [-0.3, -0.25) is 14.5 Å². The molecule has 33 heavy (non-hydrogen) atoms. The van der Waals surface area contributed by atoms with Gasteiger partial charge in [-0.1, -0.05) is 6.92 Å². The Kier molecular flexibility index (Phi) is 5.91. The van der Waals surface area contributed by atoms with Crippen LogP contribution in [0.4, 0.5) is 0 Å². The van der Waals surface area contributed by atoms with Crippen molar-refractivity contribution in [3.8, 4) is 0 Å². The number of rotatable bonds is 5. The molecule has 1 aromatic rings. The molecule has 0 unspecified atom stereocenters. The highest BCUT2D eigenvalue weighted by molar-refractivity contribution is 5.82. The lowest BCUT2D eigenvalue weighted by Gasteiger charge is -2.56. The van der Waals surface area contributed by atoms with Crippen molar-refractivity contribution in [1.29, 1.82) is 0 Å². The van der Waals surface area contributed by atoms with Crippen molar-refractivity contribution < 1.29 is 9.90 Å². The van der Waals surface area contributed by atoms with Gasteiger partial charge in [-0.2, -0.15) is 5.10 Å². The first kappa shape index (κ1) is 23.0. The second-order valence-corrected chi connectivity index (χ2v) is 12.2. The van der Waals surface area contributed by atoms with Gasteiger partial charge < -0.3 is 5.11 Å². The summed E-state index contributed by atoms with van der Waals surface area (Å²) in [5.74, 6) is 4.30. The number of fused-ring (bicyclic) bond motifs is 5. The minimum Gasteiger partial charge on any atom is -0.390 e. The van der Waals surface area contributed by atoms with Gasteiger partial charge in [0.25, 0.3) is 0 Å². The molecule has 4 aliphatic rings. The van der Waals surface area contributed by atoms with Crippen LogP contribution in [0.1, 0.15) is 82.9 Å². The highest BCUT2D eigenvalue weighted by Crippen LogP contribution is 2.64. The van der Waals surface area contributed by atoms with Crippen LogP contribution in [-0.2, 0) is 11.3 Å². The third kappa shape index (κ3) is 4.05. The predicted molar refractivity (Wildman–Crippen MR) is 132 cm³/mol. The zero-order valence-corrected chi connectivity index (χ0v) is 20.7. The van der Waals surface area contributed by atoms with E-state index in [-0.39, 0.29) is 11.3 Å². The molecule has 0 spiro atoms. The van der Waals surface area contributed by atoms with Gasteiger partial charge in [0, 0.05) is 18.3 Å². The standard InChI is InChI=1S/C28H41N3O2/c1-18-16-31(30-25(18)11-14-29-4)17-26(32)24-8-7-23-22-6-5-19-15-27(2,33)12-9-20(19)21(22)10-13-28(23,24)3/h11,14,16,19-24,33H,4-10,12-13,15,17H2,1-3H3/b14-11-/t19-,20+,21-,22-,23+,24-,27-,28+/m1/s1. The molecule has 1 N–H and O–H groups in total. The van der Waals surface area contributed by atoms with Gasteiger partial charge in [-0.15, -0.1) is 0 Å². The van der Waals surface area contributed by atoms with E-state index in [4.69, 9.17) is 0 Å². The molecule has 0 saturated heterocycles. The molecule has 0 radical (unpaired) electrons. The molecule has 0 aromatic carbocycles. The number of hydrogen-bond acceptors (Lipinski definition) is 4. The van der Waals surface area contributed by atoms with Crippen LogP contribution in [0.15, 0.2) is 17.4 Å². The summed E-state index contributed by atoms with van der Waals surface area (Å²) < 4.78 is 1.82. The average molecular weight is 452 g/mol. The summed E-state index contributed by atoms with van der Waals surface area (Å²) in [6.07, 6.45) is 15.9. The van der Waals surface area contributed by atoms with E-state index in [1.807, 2.05) is 30.8 Å². The average Bonchev–Trinajstić information content (AvgIpc) is 3.29. The minimum absolute atomic E-state index is 0.142. The van der Waals surface area contributed by atoms with Crippen molar-refractivity contribution in [2.24, 2.45) is 45.9 Å². The Balaban J connectivity index is 1.29. The number of carbonyl (C=O) groups is 1. The Hall–Kier alpha value is -1.75. The van der Waals surface area contributed by atoms with Crippen LogP contribution in [0.2, 0.25) is 0 Å². The number of ketones is 1. The number of aryl methyl sites for hydroxylation is 1. The molecule has 0 aliphatic heterocycles. The molecule has 1 aromatic heterocycles. The molecule has 4 saturated carbocycles. The Morgan fingerprint density at radius 2 is 1.97 bits per heavy atom. The van der Waals surface area contributed by atoms with Gasteiger partial charge in [-0.05, 0) is 125 Å². The maximum absolute atomic E-state index is 13.5. The molecule has 0 amide bonds. The SMILES string of the molecule is C=N/C=C\c1nn(CC(=O)[C@H]2CC[C@H]3[C@@H]4CC[C@@H]5C[C@](C)(O)CC[C@@H]5[C@H]4CC[C@]23C)cc1C. The van der Waals surface area contributed by atoms with Crippen molar-refractivity contribution in [1.82, 2.24) is 9.78 Å². The number of carbonyl (C=O) groups excluding carboxylic acids is 1. The number of aliphatic hydroxyl groups is 1. The molecule has 0 bridgehead atoms. The normalized spacial score (nSPS) is 42.5. The number of Topliss-reactive ketones (excluding diaryl/α,β-unsaturated/α-hetero) is 1. The molecule has 5 heteroatoms. The van der Waals surface area contributed by atoms with Crippen molar-refractivity contribution in [3.63, 3.8) is 0 Å². The van der Waals surface area contributed by atoms with E-state index in [1.165, 1.54) is 38.5 Å². The van der Waals surface area contributed by atoms with Gasteiger partial charge >= 0.3 is 0 Å². The number of aromatic nitrogens is 2. The fourth-order valence-corrected chi connectivity index (χ4v) is 8.79. The second-order valence-electron chi connectivity index (χ2n) is 12.2. The van der Waals surface area contributed by atoms with Crippen LogP contribution < -0.4 is 0 Å². The molecule has 5 nitrogen and oxygen atoms in total. The van der Waals surface area contributed by atoms with Crippen LogP contribution in [0, 0.1) is 47.8 Å². The second kappa shape index (κ2) is 8.48. The summed E-state index contributed by atoms with van der Waals surface area (Å²) in [4.78, 5) is 17.3. The Labute approximate surface area is 198 Å². The summed E-state index contributed by atoms with van der Waals surface area (Å²) in [5.41, 5.74) is 1.60. The summed E-state index contributed by atoms with van der Waals surface area (Å²) in [7, 11) is 0. The number of hydrogen-bond donors (Lipinski definition) is 1. The maximum Gasteiger partial charge on any atom is 0.157 e. The summed E-state index contributed by atoms with van der Waals surface area (Å²) in [5, 5.41) is 15.2. The van der Waals surface area contributed by atoms with E-state index < -0.39 is 5.60 Å². The van der Waals surface area contributed by atoms with Crippen molar-refractivity contribution in [2.75, 3.05) is 0 Å². The number of nitrogens with zero attached hydrogens (tertiary/aromatic N) is 3. The highest BCUT2D eigenvalue weighted by Gasteiger charge is 2.58. The zero-order chi connectivity index (χ0) is 23.4. The van der Waals surface area contributed by atoms with Crippen LogP contribution in [0.3, 0.4) is 0 Å². The summed E-state index contributed by atoms with van der Waals surface area (Å²) in [6.45, 7) is 10.3. The lowest BCUT2D eigenvalue weighted by Crippen LogP contribution is -2.51. The van der Waals surface area contributed by atoms with Crippen LogP contribution >= 0.6 is 0 Å². The van der Waals surface area contributed by atoms with Gasteiger partial charge in [0.1, 0.15) is 0 Å². The predicted octanol–water partition coefficient (Wildman–Crippen LogP) is 5.45. The van der Waals surface area contributed by atoms with E-state index in [2.05, 4.69) is 23.7 Å². The fourth-order valence-electron chi connectivity index (χ4n) is 8.79. The molecular formula is C28H41N3O2. The maximum atomic E-state index is 13.5. The first-order valence-electron chi connectivity index (χ1n) is 13.1. The van der Waals surface area contributed by atoms with Gasteiger partial charge in [0.15, 0.2) is 5.78 Å². The lowest BCUT2D eigenvalue weighted by atomic mass is 9.49. The van der Waals surface area contributed by atoms with E-state index >= 15 is 0 Å². The van der Waals surface area contributed by atoms with Crippen molar-refractivity contribution >= 4 is 18.6 Å². The third-order valence-electron chi connectivity index (χ3n) is 10.3. The molecule has 180 valence electrons. The largest absolute Gasteiger partial charge is 0.390 e. The van der Waals surface area contributed by atoms with Crippen molar-refractivity contribution in [2.45, 2.75) is 90.7 Å². The lowest BCUT2D eigenvalue weighted by molar-refractivity contribution is -0.133. The third-order valence-corrected chi connectivity index (χ3v) is 10.3. The van der Waals surface area contributed by atoms with E-state index in [0.717, 1.165) is 48.3 Å². The fraction of sp³-hybridized carbons (Fsp3) is 0.750. The molecule has 5 rings (SSSR count). The van der Waals surface area contributed by atoms with Crippen LogP contribution in [-0.4, -0.2) is 33.0 Å². The Morgan fingerprint density at radius 1 is 1.18 bits per heavy atom. The molecule has 4 aliphatic carbocycles. The smallest absolute Gasteiger partial charge is 0.157 e. The van der Waals surface area contributed by atoms with E-state index in [0.29, 0.717) is 24.2 Å². The number of aliphatic imine (C=N–C) groups is 1. The van der Waals surface area contributed by atoms with E-state index in [9.17, 15) is 9.90 Å². The van der Waals surface area contributed by atoms with E-state index in [1.54, 1.807) is 6.20 Å².